The van der Waals surface area contributed by atoms with Crippen molar-refractivity contribution in [3.05, 3.63) is 0 Å². The second-order valence-electron chi connectivity index (χ2n) is 4.85. The van der Waals surface area contributed by atoms with E-state index >= 15 is 0 Å². The lowest BCUT2D eigenvalue weighted by atomic mass is 10.0. The van der Waals surface area contributed by atoms with E-state index < -0.39 is 60.8 Å². The van der Waals surface area contributed by atoms with Crippen LogP contribution in [0.4, 0.5) is 0 Å². The Morgan fingerprint density at radius 2 is 1.20 bits per heavy atom. The Balaban J connectivity index is 5.01. The number of aldehydes is 2. The summed E-state index contributed by atoms with van der Waals surface area (Å²) in [6, 6.07) is 0. The number of carboxylic acids is 1. The molecule has 0 aliphatic carbocycles. The molecule has 0 bridgehead atoms. The lowest BCUT2D eigenvalue weighted by Crippen LogP contribution is -2.52. The van der Waals surface area contributed by atoms with Gasteiger partial charge in [-0.1, -0.05) is 0 Å². The molecular weight excluding hydrogens is 352 g/mol. The zero-order valence-electron chi connectivity index (χ0n) is 12.4. The third-order valence-electron chi connectivity index (χ3n) is 3.05. The predicted octanol–water partition coefficient (Wildman–Crippen LogP) is -6.09. The Hall–Kier alpha value is -2.00. The SMILES string of the molecule is O=C[C@@H](O)[C@@H](O)[C@H](O)[C@H](O)C(=O)O[C@@H](C=O)[C@H](O)[C@@H](O)[C@H](O)C(=O)O. The largest absolute Gasteiger partial charge is 0.479 e. The molecule has 144 valence electrons. The lowest BCUT2D eigenvalue weighted by molar-refractivity contribution is -0.187. The van der Waals surface area contributed by atoms with Crippen LogP contribution in [0.3, 0.4) is 0 Å². The average molecular weight is 370 g/mol. The molecule has 25 heavy (non-hydrogen) atoms. The van der Waals surface area contributed by atoms with Crippen molar-refractivity contribution in [1.29, 1.82) is 0 Å². The van der Waals surface area contributed by atoms with Gasteiger partial charge in [0.25, 0.3) is 0 Å². The fraction of sp³-hybridized carbons (Fsp3) is 0.667. The van der Waals surface area contributed by atoms with E-state index in [9.17, 15) is 44.7 Å². The van der Waals surface area contributed by atoms with E-state index in [0.29, 0.717) is 0 Å². The van der Waals surface area contributed by atoms with Gasteiger partial charge >= 0.3 is 11.9 Å². The molecule has 0 rings (SSSR count). The van der Waals surface area contributed by atoms with Crippen LogP contribution in [0.1, 0.15) is 0 Å². The Bertz CT molecular complexity index is 480. The molecule has 8 N–H and O–H groups in total. The molecular formula is C12H18O13. The number of rotatable bonds is 11. The summed E-state index contributed by atoms with van der Waals surface area (Å²) in [6.07, 6.45) is -19.6. The molecule has 0 heterocycles. The van der Waals surface area contributed by atoms with E-state index in [1.807, 2.05) is 0 Å². The fourth-order valence-electron chi connectivity index (χ4n) is 1.52. The Morgan fingerprint density at radius 1 is 0.720 bits per heavy atom. The van der Waals surface area contributed by atoms with Crippen LogP contribution in [-0.4, -0.2) is 114 Å². The number of hydrogen-bond acceptors (Lipinski definition) is 12. The van der Waals surface area contributed by atoms with Crippen molar-refractivity contribution in [3.63, 3.8) is 0 Å². The number of carbonyl (C=O) groups is 4. The third kappa shape index (κ3) is 6.09. The van der Waals surface area contributed by atoms with E-state index in [1.165, 1.54) is 0 Å². The number of ether oxygens (including phenoxy) is 1. The van der Waals surface area contributed by atoms with Crippen LogP contribution in [0.15, 0.2) is 0 Å². The lowest BCUT2D eigenvalue weighted by Gasteiger charge is -2.27. The summed E-state index contributed by atoms with van der Waals surface area (Å²) in [6.45, 7) is 0. The van der Waals surface area contributed by atoms with Gasteiger partial charge in [0.05, 0.1) is 0 Å². The predicted molar refractivity (Wildman–Crippen MR) is 71.7 cm³/mol. The summed E-state index contributed by atoms with van der Waals surface area (Å²) < 4.78 is 4.25. The highest BCUT2D eigenvalue weighted by Gasteiger charge is 2.40. The molecule has 0 saturated heterocycles. The van der Waals surface area contributed by atoms with Crippen LogP contribution in [0, 0.1) is 0 Å². The molecule has 13 nitrogen and oxygen atoms in total. The Labute approximate surface area is 139 Å². The van der Waals surface area contributed by atoms with Crippen molar-refractivity contribution < 1.29 is 64.8 Å². The third-order valence-corrected chi connectivity index (χ3v) is 3.05. The quantitative estimate of drug-likeness (QED) is 0.125. The Morgan fingerprint density at radius 3 is 1.60 bits per heavy atom. The van der Waals surface area contributed by atoms with Crippen molar-refractivity contribution in [3.8, 4) is 0 Å². The highest BCUT2D eigenvalue weighted by atomic mass is 16.6. The molecule has 8 atom stereocenters. The minimum Gasteiger partial charge on any atom is -0.479 e. The highest BCUT2D eigenvalue weighted by molar-refractivity contribution is 5.78. The van der Waals surface area contributed by atoms with Crippen molar-refractivity contribution in [2.24, 2.45) is 0 Å². The summed E-state index contributed by atoms with van der Waals surface area (Å²) >= 11 is 0. The van der Waals surface area contributed by atoms with Gasteiger partial charge in [0.1, 0.15) is 30.5 Å². The molecule has 0 amide bonds. The van der Waals surface area contributed by atoms with Gasteiger partial charge in [-0.15, -0.1) is 0 Å². The second-order valence-corrected chi connectivity index (χ2v) is 4.85. The van der Waals surface area contributed by atoms with Gasteiger partial charge < -0.3 is 50.4 Å². The first kappa shape index (κ1) is 23.0. The molecule has 13 heteroatoms. The summed E-state index contributed by atoms with van der Waals surface area (Å²) in [4.78, 5) is 43.1. The van der Waals surface area contributed by atoms with Gasteiger partial charge in [-0.25, -0.2) is 9.59 Å². The molecule has 0 aliphatic heterocycles. The molecule has 0 spiro atoms. The molecule has 0 aromatic carbocycles. The Kier molecular flexibility index (Phi) is 9.29. The standard InChI is InChI=1S/C12H18O13/c13-1-3(15)5(16)7(18)10(21)12(24)25-4(2-14)6(17)8(19)9(20)11(22)23/h1-10,15-21H,(H,22,23)/t3-,4+,5-,6+,7+,8-,9+,10+/m1/s1. The van der Waals surface area contributed by atoms with Crippen LogP contribution < -0.4 is 0 Å². The van der Waals surface area contributed by atoms with Crippen molar-refractivity contribution >= 4 is 24.5 Å². The van der Waals surface area contributed by atoms with E-state index in [4.69, 9.17) is 15.3 Å². The number of aliphatic carboxylic acids is 1. The van der Waals surface area contributed by atoms with Gasteiger partial charge in [-0.3, -0.25) is 4.79 Å². The van der Waals surface area contributed by atoms with Gasteiger partial charge in [0.2, 0.25) is 0 Å². The van der Waals surface area contributed by atoms with Crippen LogP contribution in [-0.2, 0) is 23.9 Å². The van der Waals surface area contributed by atoms with Crippen LogP contribution >= 0.6 is 0 Å². The van der Waals surface area contributed by atoms with Crippen LogP contribution in [0.25, 0.3) is 0 Å². The van der Waals surface area contributed by atoms with Crippen LogP contribution in [0.5, 0.6) is 0 Å². The number of hydrogen-bond donors (Lipinski definition) is 8. The minimum atomic E-state index is -2.58. The minimum absolute atomic E-state index is 0.201. The molecule has 0 unspecified atom stereocenters. The summed E-state index contributed by atoms with van der Waals surface area (Å²) in [5, 5.41) is 73.5. The van der Waals surface area contributed by atoms with Crippen molar-refractivity contribution in [2.75, 3.05) is 0 Å². The van der Waals surface area contributed by atoms with E-state index in [2.05, 4.69) is 4.74 Å². The van der Waals surface area contributed by atoms with E-state index in [-0.39, 0.29) is 12.6 Å². The van der Waals surface area contributed by atoms with Gasteiger partial charge in [0, 0.05) is 0 Å². The van der Waals surface area contributed by atoms with Crippen molar-refractivity contribution in [1.82, 2.24) is 0 Å². The van der Waals surface area contributed by atoms with Crippen LogP contribution in [0.2, 0.25) is 0 Å². The fourth-order valence-corrected chi connectivity index (χ4v) is 1.52. The highest BCUT2D eigenvalue weighted by Crippen LogP contribution is 2.11. The molecule has 0 aromatic heterocycles. The summed E-state index contributed by atoms with van der Waals surface area (Å²) in [7, 11) is 0. The number of aliphatic hydroxyl groups excluding tert-OH is 7. The maximum Gasteiger partial charge on any atom is 0.338 e. The van der Waals surface area contributed by atoms with Crippen molar-refractivity contribution in [2.45, 2.75) is 48.8 Å². The summed E-state index contributed by atoms with van der Waals surface area (Å²) in [5.74, 6) is -3.78. The first-order valence-electron chi connectivity index (χ1n) is 6.59. The molecule has 0 aromatic rings. The number of esters is 1. The molecule has 0 radical (unpaired) electrons. The maximum absolute atomic E-state index is 11.6. The monoisotopic (exact) mass is 370 g/mol. The topological polar surface area (TPSA) is 239 Å². The normalized spacial score (nSPS) is 20.9. The molecule has 0 saturated carbocycles. The number of carbonyl (C=O) groups excluding carboxylic acids is 3. The molecule has 0 fully saturated rings. The summed E-state index contributed by atoms with van der Waals surface area (Å²) in [5.41, 5.74) is 0. The number of aliphatic hydroxyl groups is 7. The van der Waals surface area contributed by atoms with Gasteiger partial charge in [-0.2, -0.15) is 0 Å². The van der Waals surface area contributed by atoms with E-state index in [1.54, 1.807) is 0 Å². The first-order chi connectivity index (χ1) is 11.5. The first-order valence-corrected chi connectivity index (χ1v) is 6.59. The zero-order valence-corrected chi connectivity index (χ0v) is 12.4. The number of carboxylic acid groups (broad SMARTS) is 1. The van der Waals surface area contributed by atoms with E-state index in [0.717, 1.165) is 0 Å². The smallest absolute Gasteiger partial charge is 0.338 e. The average Bonchev–Trinajstić information content (AvgIpc) is 2.60. The second kappa shape index (κ2) is 10.1. The van der Waals surface area contributed by atoms with Gasteiger partial charge in [-0.05, 0) is 0 Å². The zero-order chi connectivity index (χ0) is 19.9. The maximum atomic E-state index is 11.6. The molecule has 0 aliphatic rings. The van der Waals surface area contributed by atoms with Gasteiger partial charge in [0.15, 0.2) is 30.9 Å².